The van der Waals surface area contributed by atoms with Gasteiger partial charge in [-0.05, 0) is 32.1 Å². The molecule has 6 heteroatoms. The van der Waals surface area contributed by atoms with Crippen LogP contribution < -0.4 is 5.32 Å². The largest absolute Gasteiger partial charge is 0.333 e. The summed E-state index contributed by atoms with van der Waals surface area (Å²) in [5.74, 6) is 0. The highest BCUT2D eigenvalue weighted by Crippen LogP contribution is 2.21. The smallest absolute Gasteiger partial charge is 0.317 e. The van der Waals surface area contributed by atoms with Crippen LogP contribution in [0.3, 0.4) is 0 Å². The summed E-state index contributed by atoms with van der Waals surface area (Å²) < 4.78 is 0.760. The molecule has 100 valence electrons. The Kier molecular flexibility index (Phi) is 4.86. The van der Waals surface area contributed by atoms with Gasteiger partial charge in [0.1, 0.15) is 0 Å². The van der Waals surface area contributed by atoms with Crippen molar-refractivity contribution in [3.05, 3.63) is 21.3 Å². The molecule has 0 aliphatic carbocycles. The third kappa shape index (κ3) is 3.86. The molecule has 2 heterocycles. The number of hydrogen-bond acceptors (Lipinski definition) is 3. The summed E-state index contributed by atoms with van der Waals surface area (Å²) in [5.41, 5.74) is 0. The number of rotatable bonds is 2. The maximum atomic E-state index is 12.0. The lowest BCUT2D eigenvalue weighted by molar-refractivity contribution is 0.199. The van der Waals surface area contributed by atoms with Crippen molar-refractivity contribution >= 4 is 29.0 Å². The van der Waals surface area contributed by atoms with E-state index >= 15 is 0 Å². The van der Waals surface area contributed by atoms with Crippen LogP contribution in [-0.4, -0.2) is 49.1 Å². The molecule has 1 aromatic rings. The number of thiophene rings is 1. The molecule has 1 aliphatic heterocycles. The van der Waals surface area contributed by atoms with Crippen molar-refractivity contribution in [2.24, 2.45) is 0 Å². The third-order valence-corrected chi connectivity index (χ3v) is 4.28. The van der Waals surface area contributed by atoms with Crippen LogP contribution in [0.25, 0.3) is 0 Å². The maximum absolute atomic E-state index is 12.0. The van der Waals surface area contributed by atoms with Gasteiger partial charge in [-0.3, -0.25) is 0 Å². The van der Waals surface area contributed by atoms with Crippen molar-refractivity contribution in [1.82, 2.24) is 15.1 Å². The SMILES string of the molecule is CN1CCCN(C(=O)NCc2ccc(Cl)s2)CC1. The summed E-state index contributed by atoms with van der Waals surface area (Å²) in [6, 6.07) is 3.83. The highest BCUT2D eigenvalue weighted by Gasteiger charge is 2.16. The van der Waals surface area contributed by atoms with Gasteiger partial charge in [0.15, 0.2) is 0 Å². The lowest BCUT2D eigenvalue weighted by atomic mass is 10.4. The number of carbonyl (C=O) groups excluding carboxylic acids is 1. The minimum Gasteiger partial charge on any atom is -0.333 e. The molecule has 0 spiro atoms. The summed E-state index contributed by atoms with van der Waals surface area (Å²) in [6.07, 6.45) is 1.04. The van der Waals surface area contributed by atoms with Gasteiger partial charge in [0.2, 0.25) is 0 Å². The second-order valence-electron chi connectivity index (χ2n) is 4.51. The first-order valence-corrected chi connectivity index (χ1v) is 7.30. The summed E-state index contributed by atoms with van der Waals surface area (Å²) in [4.78, 5) is 17.2. The van der Waals surface area contributed by atoms with E-state index in [1.807, 2.05) is 17.0 Å². The van der Waals surface area contributed by atoms with Gasteiger partial charge in [-0.25, -0.2) is 4.79 Å². The molecule has 1 aromatic heterocycles. The zero-order valence-electron chi connectivity index (χ0n) is 10.5. The van der Waals surface area contributed by atoms with Crippen LogP contribution in [0, 0.1) is 0 Å². The first kappa shape index (κ1) is 13.6. The number of amides is 2. The Morgan fingerprint density at radius 3 is 2.94 bits per heavy atom. The Labute approximate surface area is 117 Å². The van der Waals surface area contributed by atoms with Crippen molar-refractivity contribution in [1.29, 1.82) is 0 Å². The minimum atomic E-state index is 0.0230. The molecule has 0 bridgehead atoms. The highest BCUT2D eigenvalue weighted by atomic mass is 35.5. The zero-order valence-corrected chi connectivity index (χ0v) is 12.1. The van der Waals surface area contributed by atoms with E-state index in [0.29, 0.717) is 6.54 Å². The van der Waals surface area contributed by atoms with E-state index in [1.54, 1.807) is 0 Å². The van der Waals surface area contributed by atoms with E-state index in [-0.39, 0.29) is 6.03 Å². The molecule has 1 saturated heterocycles. The van der Waals surface area contributed by atoms with Gasteiger partial charge in [0.05, 0.1) is 10.9 Å². The van der Waals surface area contributed by atoms with E-state index in [0.717, 1.165) is 41.8 Å². The average molecular weight is 288 g/mol. The summed E-state index contributed by atoms with van der Waals surface area (Å²) in [6.45, 7) is 4.19. The van der Waals surface area contributed by atoms with E-state index in [9.17, 15) is 4.79 Å². The van der Waals surface area contributed by atoms with Crippen LogP contribution in [0.2, 0.25) is 4.34 Å². The van der Waals surface area contributed by atoms with Gasteiger partial charge in [0.25, 0.3) is 0 Å². The number of nitrogens with zero attached hydrogens (tertiary/aromatic N) is 2. The second kappa shape index (κ2) is 6.41. The van der Waals surface area contributed by atoms with Gasteiger partial charge in [-0.15, -0.1) is 11.3 Å². The molecule has 0 saturated carbocycles. The highest BCUT2D eigenvalue weighted by molar-refractivity contribution is 7.16. The normalized spacial score (nSPS) is 17.6. The number of likely N-dealkylation sites (N-methyl/N-ethyl adjacent to an activating group) is 1. The first-order valence-electron chi connectivity index (χ1n) is 6.10. The fraction of sp³-hybridized carbons (Fsp3) is 0.583. The molecule has 1 aliphatic rings. The number of hydrogen-bond donors (Lipinski definition) is 1. The maximum Gasteiger partial charge on any atom is 0.317 e. The Balaban J connectivity index is 1.80. The van der Waals surface area contributed by atoms with Gasteiger partial charge < -0.3 is 15.1 Å². The Morgan fingerprint density at radius 1 is 1.39 bits per heavy atom. The molecule has 1 N–H and O–H groups in total. The average Bonchev–Trinajstić information content (AvgIpc) is 2.63. The molecule has 0 unspecified atom stereocenters. The van der Waals surface area contributed by atoms with Crippen molar-refractivity contribution in [2.45, 2.75) is 13.0 Å². The molecule has 0 aromatic carbocycles. The summed E-state index contributed by atoms with van der Waals surface area (Å²) in [7, 11) is 2.09. The van der Waals surface area contributed by atoms with Gasteiger partial charge in [0, 0.05) is 24.5 Å². The van der Waals surface area contributed by atoms with Crippen LogP contribution in [0.15, 0.2) is 12.1 Å². The van der Waals surface area contributed by atoms with Crippen molar-refractivity contribution in [3.63, 3.8) is 0 Å². The molecule has 18 heavy (non-hydrogen) atoms. The molecule has 2 amide bonds. The molecule has 4 nitrogen and oxygen atoms in total. The predicted molar refractivity (Wildman–Crippen MR) is 75.3 cm³/mol. The van der Waals surface area contributed by atoms with E-state index < -0.39 is 0 Å². The third-order valence-electron chi connectivity index (χ3n) is 3.05. The molecule has 2 rings (SSSR count). The van der Waals surface area contributed by atoms with Gasteiger partial charge >= 0.3 is 6.03 Å². The number of carbonyl (C=O) groups is 1. The van der Waals surface area contributed by atoms with Crippen LogP contribution in [0.1, 0.15) is 11.3 Å². The predicted octanol–water partition coefficient (Wildman–Crippen LogP) is 2.25. The molecule has 0 atom stereocenters. The standard InChI is InChI=1S/C12H18ClN3OS/c1-15-5-2-6-16(8-7-15)12(17)14-9-10-3-4-11(13)18-10/h3-4H,2,5-9H2,1H3,(H,14,17). The Morgan fingerprint density at radius 2 is 2.22 bits per heavy atom. The van der Waals surface area contributed by atoms with Crippen LogP contribution >= 0.6 is 22.9 Å². The molecular weight excluding hydrogens is 270 g/mol. The first-order chi connectivity index (χ1) is 8.65. The van der Waals surface area contributed by atoms with E-state index in [4.69, 9.17) is 11.6 Å². The Hall–Kier alpha value is -0.780. The number of halogens is 1. The lowest BCUT2D eigenvalue weighted by Gasteiger charge is -2.20. The molecule has 1 fully saturated rings. The number of nitrogens with one attached hydrogen (secondary N) is 1. The minimum absolute atomic E-state index is 0.0230. The number of urea groups is 1. The van der Waals surface area contributed by atoms with E-state index in [1.165, 1.54) is 11.3 Å². The molecular formula is C12H18ClN3OS. The summed E-state index contributed by atoms with van der Waals surface area (Å²) in [5, 5.41) is 2.94. The topological polar surface area (TPSA) is 35.6 Å². The second-order valence-corrected chi connectivity index (χ2v) is 6.31. The summed E-state index contributed by atoms with van der Waals surface area (Å²) >= 11 is 7.36. The quantitative estimate of drug-likeness (QED) is 0.906. The van der Waals surface area contributed by atoms with Crippen LogP contribution in [-0.2, 0) is 6.54 Å². The monoisotopic (exact) mass is 287 g/mol. The zero-order chi connectivity index (χ0) is 13.0. The van der Waals surface area contributed by atoms with Crippen molar-refractivity contribution in [2.75, 3.05) is 33.2 Å². The van der Waals surface area contributed by atoms with Crippen LogP contribution in [0.4, 0.5) is 4.79 Å². The van der Waals surface area contributed by atoms with Crippen molar-refractivity contribution in [3.8, 4) is 0 Å². The lowest BCUT2D eigenvalue weighted by Crippen LogP contribution is -2.41. The Bertz CT molecular complexity index is 410. The fourth-order valence-electron chi connectivity index (χ4n) is 1.97. The van der Waals surface area contributed by atoms with E-state index in [2.05, 4.69) is 17.3 Å². The van der Waals surface area contributed by atoms with Gasteiger partial charge in [-0.1, -0.05) is 11.6 Å². The fourth-order valence-corrected chi connectivity index (χ4v) is 3.00. The molecule has 0 radical (unpaired) electrons. The van der Waals surface area contributed by atoms with Crippen LogP contribution in [0.5, 0.6) is 0 Å². The van der Waals surface area contributed by atoms with Gasteiger partial charge in [-0.2, -0.15) is 0 Å². The van der Waals surface area contributed by atoms with Crippen molar-refractivity contribution < 1.29 is 4.79 Å².